The maximum atomic E-state index is 13.3. The minimum Gasteiger partial charge on any atom is -0.335 e. The number of pyridine rings is 2. The van der Waals surface area contributed by atoms with Crippen LogP contribution in [0.2, 0.25) is 0 Å². The van der Waals surface area contributed by atoms with Crippen molar-refractivity contribution in [3.05, 3.63) is 71.1 Å². The summed E-state index contributed by atoms with van der Waals surface area (Å²) in [5.41, 5.74) is 2.59. The molecule has 0 aromatic carbocycles. The predicted molar refractivity (Wildman–Crippen MR) is 114 cm³/mol. The molecule has 0 saturated carbocycles. The lowest BCUT2D eigenvalue weighted by Crippen LogP contribution is -2.15. The zero-order chi connectivity index (χ0) is 20.7. The molecule has 0 atom stereocenters. The average molecular weight is 416 g/mol. The fourth-order valence-electron chi connectivity index (χ4n) is 3.23. The maximum absolute atomic E-state index is 13.3. The summed E-state index contributed by atoms with van der Waals surface area (Å²) in [6, 6.07) is 11.1. The summed E-state index contributed by atoms with van der Waals surface area (Å²) >= 11 is 1.60. The van der Waals surface area contributed by atoms with Crippen molar-refractivity contribution in [2.24, 2.45) is 0 Å². The van der Waals surface area contributed by atoms with Gasteiger partial charge >= 0.3 is 0 Å². The first-order chi connectivity index (χ1) is 14.6. The number of nitrogens with zero attached hydrogens (tertiary/aromatic N) is 5. The minimum atomic E-state index is -0.301. The van der Waals surface area contributed by atoms with Gasteiger partial charge < -0.3 is 9.84 Å². The third kappa shape index (κ3) is 3.15. The van der Waals surface area contributed by atoms with E-state index in [1.807, 2.05) is 19.1 Å². The Balaban J connectivity index is 1.60. The number of aromatic nitrogens is 5. The van der Waals surface area contributed by atoms with Gasteiger partial charge in [-0.2, -0.15) is 5.10 Å². The Bertz CT molecular complexity index is 1370. The van der Waals surface area contributed by atoms with E-state index in [2.05, 4.69) is 25.5 Å². The molecule has 5 heterocycles. The fraction of sp³-hybridized carbons (Fsp3) is 0.0952. The van der Waals surface area contributed by atoms with Gasteiger partial charge in [0.25, 0.3) is 11.6 Å². The summed E-state index contributed by atoms with van der Waals surface area (Å²) in [4.78, 5) is 24.4. The molecule has 1 amide bonds. The van der Waals surface area contributed by atoms with Crippen LogP contribution < -0.4 is 5.32 Å². The number of amides is 1. The molecule has 0 unspecified atom stereocenters. The lowest BCUT2D eigenvalue weighted by Gasteiger charge is -2.11. The van der Waals surface area contributed by atoms with Gasteiger partial charge in [0.2, 0.25) is 0 Å². The molecule has 8 nitrogen and oxygen atoms in total. The van der Waals surface area contributed by atoms with E-state index in [-0.39, 0.29) is 5.91 Å². The van der Waals surface area contributed by atoms with Crippen molar-refractivity contribution in [3.63, 3.8) is 0 Å². The van der Waals surface area contributed by atoms with Crippen LogP contribution >= 0.6 is 11.3 Å². The molecule has 148 valence electrons. The largest absolute Gasteiger partial charge is 0.335 e. The van der Waals surface area contributed by atoms with Crippen molar-refractivity contribution in [1.82, 2.24) is 24.9 Å². The second-order valence-electron chi connectivity index (χ2n) is 6.69. The molecule has 1 N–H and O–H groups in total. The highest BCUT2D eigenvalue weighted by Crippen LogP contribution is 2.31. The van der Waals surface area contributed by atoms with Crippen molar-refractivity contribution in [2.45, 2.75) is 13.8 Å². The molecular formula is C21H16N6O2S. The maximum Gasteiger partial charge on any atom is 0.259 e. The molecule has 0 fully saturated rings. The number of hydrogen-bond acceptors (Lipinski definition) is 7. The number of carbonyl (C=O) groups is 1. The number of fused-ring (bicyclic) bond motifs is 1. The van der Waals surface area contributed by atoms with Gasteiger partial charge in [0, 0.05) is 23.5 Å². The average Bonchev–Trinajstić information content (AvgIpc) is 3.50. The van der Waals surface area contributed by atoms with Gasteiger partial charge in [-0.05, 0) is 50.2 Å². The molecule has 0 aliphatic rings. The highest BCUT2D eigenvalue weighted by molar-refractivity contribution is 7.15. The second kappa shape index (κ2) is 7.20. The molecule has 0 radical (unpaired) electrons. The zero-order valence-electron chi connectivity index (χ0n) is 16.2. The summed E-state index contributed by atoms with van der Waals surface area (Å²) in [6.07, 6.45) is 5.07. The molecule has 5 aromatic rings. The molecule has 0 bridgehead atoms. The Morgan fingerprint density at radius 3 is 2.83 bits per heavy atom. The first-order valence-corrected chi connectivity index (χ1v) is 10.0. The van der Waals surface area contributed by atoms with Crippen LogP contribution in [0.1, 0.15) is 20.9 Å². The molecule has 30 heavy (non-hydrogen) atoms. The number of hydrogen-bond donors (Lipinski definition) is 1. The van der Waals surface area contributed by atoms with Crippen LogP contribution in [-0.2, 0) is 0 Å². The molecular weight excluding hydrogens is 400 g/mol. The number of nitrogens with one attached hydrogen (secondary N) is 1. The van der Waals surface area contributed by atoms with Crippen molar-refractivity contribution in [2.75, 3.05) is 5.32 Å². The predicted octanol–water partition coefficient (Wildman–Crippen LogP) is 4.40. The smallest absolute Gasteiger partial charge is 0.259 e. The second-order valence-corrected chi connectivity index (χ2v) is 7.98. The SMILES string of the molecule is Cc1ccc(-c2cc(C(=O)Nc3cccnc3-n3cccn3)c3c(C)noc3n2)s1. The van der Waals surface area contributed by atoms with E-state index in [9.17, 15) is 4.79 Å². The number of thiophene rings is 1. The van der Waals surface area contributed by atoms with Crippen LogP contribution in [-0.4, -0.2) is 30.8 Å². The lowest BCUT2D eigenvalue weighted by molar-refractivity contribution is 0.102. The first kappa shape index (κ1) is 18.2. The molecule has 5 rings (SSSR count). The van der Waals surface area contributed by atoms with Crippen molar-refractivity contribution in [1.29, 1.82) is 0 Å². The highest BCUT2D eigenvalue weighted by atomic mass is 32.1. The standard InChI is InChI=1S/C21H16N6O2S/c1-12-6-7-17(30-12)16-11-14(18-13(2)26-29-21(18)25-16)20(28)24-15-5-3-8-22-19(15)27-10-4-9-23-27/h3-11H,1-2H3,(H,24,28). The number of aryl methyl sites for hydroxylation is 2. The molecule has 0 aliphatic heterocycles. The van der Waals surface area contributed by atoms with Crippen LogP contribution in [0, 0.1) is 13.8 Å². The van der Waals surface area contributed by atoms with E-state index >= 15 is 0 Å². The normalized spacial score (nSPS) is 11.1. The van der Waals surface area contributed by atoms with Crippen LogP contribution in [0.5, 0.6) is 0 Å². The van der Waals surface area contributed by atoms with Crippen LogP contribution in [0.15, 0.2) is 59.5 Å². The molecule has 9 heteroatoms. The van der Waals surface area contributed by atoms with E-state index in [4.69, 9.17) is 4.52 Å². The van der Waals surface area contributed by atoms with Crippen molar-refractivity contribution >= 4 is 34.0 Å². The number of rotatable bonds is 4. The Morgan fingerprint density at radius 2 is 2.07 bits per heavy atom. The van der Waals surface area contributed by atoms with Gasteiger partial charge in [-0.1, -0.05) is 5.16 Å². The van der Waals surface area contributed by atoms with E-state index in [1.165, 1.54) is 0 Å². The summed E-state index contributed by atoms with van der Waals surface area (Å²) in [5.74, 6) is 0.224. The van der Waals surface area contributed by atoms with Crippen LogP contribution in [0.4, 0.5) is 5.69 Å². The molecule has 0 aliphatic carbocycles. The van der Waals surface area contributed by atoms with Gasteiger partial charge in [0.15, 0.2) is 5.82 Å². The molecule has 5 aromatic heterocycles. The topological polar surface area (TPSA) is 98.7 Å². The van der Waals surface area contributed by atoms with Gasteiger partial charge in [-0.3, -0.25) is 4.79 Å². The van der Waals surface area contributed by atoms with E-state index in [0.717, 1.165) is 9.75 Å². The van der Waals surface area contributed by atoms with Gasteiger partial charge in [-0.25, -0.2) is 14.6 Å². The van der Waals surface area contributed by atoms with Gasteiger partial charge in [0.05, 0.1) is 32.9 Å². The molecule has 0 saturated heterocycles. The zero-order valence-corrected chi connectivity index (χ0v) is 17.0. The minimum absolute atomic E-state index is 0.301. The molecule has 0 spiro atoms. The van der Waals surface area contributed by atoms with Crippen LogP contribution in [0.25, 0.3) is 27.5 Å². The summed E-state index contributed by atoms with van der Waals surface area (Å²) < 4.78 is 6.98. The van der Waals surface area contributed by atoms with Gasteiger partial charge in [-0.15, -0.1) is 11.3 Å². The fourth-order valence-corrected chi connectivity index (χ4v) is 4.06. The monoisotopic (exact) mass is 416 g/mol. The Hall–Kier alpha value is -3.85. The quantitative estimate of drug-likeness (QED) is 0.466. The van der Waals surface area contributed by atoms with E-state index in [1.54, 1.807) is 65.8 Å². The number of anilines is 1. The van der Waals surface area contributed by atoms with E-state index in [0.29, 0.717) is 39.6 Å². The summed E-state index contributed by atoms with van der Waals surface area (Å²) in [6.45, 7) is 3.82. The van der Waals surface area contributed by atoms with E-state index < -0.39 is 0 Å². The third-order valence-corrected chi connectivity index (χ3v) is 5.63. The first-order valence-electron chi connectivity index (χ1n) is 9.20. The summed E-state index contributed by atoms with van der Waals surface area (Å²) in [7, 11) is 0. The Kier molecular flexibility index (Phi) is 4.36. The summed E-state index contributed by atoms with van der Waals surface area (Å²) in [5, 5.41) is 11.8. The lowest BCUT2D eigenvalue weighted by atomic mass is 10.1. The van der Waals surface area contributed by atoms with Crippen molar-refractivity contribution < 1.29 is 9.32 Å². The Morgan fingerprint density at radius 1 is 1.17 bits per heavy atom. The third-order valence-electron chi connectivity index (χ3n) is 4.61. The highest BCUT2D eigenvalue weighted by Gasteiger charge is 2.21. The van der Waals surface area contributed by atoms with Crippen LogP contribution in [0.3, 0.4) is 0 Å². The van der Waals surface area contributed by atoms with Gasteiger partial charge in [0.1, 0.15) is 0 Å². The van der Waals surface area contributed by atoms with Crippen molar-refractivity contribution in [3.8, 4) is 16.4 Å². The Labute approximate surface area is 175 Å². The number of carbonyl (C=O) groups excluding carboxylic acids is 1.